The van der Waals surface area contributed by atoms with Crippen LogP contribution < -0.4 is 14.2 Å². The molecule has 3 heterocycles. The second-order valence-corrected chi connectivity index (χ2v) is 9.91. The van der Waals surface area contributed by atoms with Crippen molar-refractivity contribution in [2.24, 2.45) is 0 Å². The average Bonchev–Trinajstić information content (AvgIpc) is 3.50. The van der Waals surface area contributed by atoms with E-state index in [2.05, 4.69) is 4.90 Å². The Kier molecular flexibility index (Phi) is 7.99. The first-order valence-electron chi connectivity index (χ1n) is 13.2. The molecule has 0 bridgehead atoms. The topological polar surface area (TPSA) is 111 Å². The van der Waals surface area contributed by atoms with E-state index in [4.69, 9.17) is 23.4 Å². The number of morpholine rings is 1. The minimum absolute atomic E-state index is 0.0440. The summed E-state index contributed by atoms with van der Waals surface area (Å²) >= 11 is 0. The summed E-state index contributed by atoms with van der Waals surface area (Å²) in [5.74, 6) is -0.602. The maximum absolute atomic E-state index is 13.9. The summed E-state index contributed by atoms with van der Waals surface area (Å²) in [7, 11) is 4.49. The van der Waals surface area contributed by atoms with E-state index in [0.717, 1.165) is 30.6 Å². The molecule has 1 saturated heterocycles. The summed E-state index contributed by atoms with van der Waals surface area (Å²) in [5.41, 5.74) is 2.05. The summed E-state index contributed by atoms with van der Waals surface area (Å²) < 4.78 is 27.9. The molecule has 40 heavy (non-hydrogen) atoms. The largest absolute Gasteiger partial charge is 0.503 e. The van der Waals surface area contributed by atoms with Gasteiger partial charge >= 0.3 is 0 Å². The number of hydrogen-bond donors (Lipinski definition) is 1. The average molecular weight is 551 g/mol. The van der Waals surface area contributed by atoms with Crippen molar-refractivity contribution in [2.75, 3.05) is 60.7 Å². The second-order valence-electron chi connectivity index (χ2n) is 9.91. The summed E-state index contributed by atoms with van der Waals surface area (Å²) in [4.78, 5) is 31.2. The summed E-state index contributed by atoms with van der Waals surface area (Å²) in [6, 6.07) is 9.74. The van der Waals surface area contributed by atoms with Crippen LogP contribution in [0.5, 0.6) is 17.2 Å². The predicted molar refractivity (Wildman–Crippen MR) is 147 cm³/mol. The highest BCUT2D eigenvalue weighted by molar-refractivity contribution is 6.16. The minimum Gasteiger partial charge on any atom is -0.503 e. The summed E-state index contributed by atoms with van der Waals surface area (Å²) in [5, 5.41) is 11.9. The van der Waals surface area contributed by atoms with Gasteiger partial charge in [-0.3, -0.25) is 14.5 Å². The zero-order chi connectivity index (χ0) is 28.4. The third-order valence-corrected chi connectivity index (χ3v) is 7.42. The van der Waals surface area contributed by atoms with Crippen LogP contribution in [0.15, 0.2) is 52.1 Å². The predicted octanol–water partition coefficient (Wildman–Crippen LogP) is 4.07. The normalized spacial score (nSPS) is 18.1. The van der Waals surface area contributed by atoms with E-state index in [0.29, 0.717) is 54.6 Å². The molecule has 10 heteroatoms. The molecule has 2 aliphatic rings. The van der Waals surface area contributed by atoms with E-state index in [1.54, 1.807) is 24.3 Å². The number of amides is 1. The van der Waals surface area contributed by atoms with Crippen molar-refractivity contribution in [1.82, 2.24) is 9.80 Å². The van der Waals surface area contributed by atoms with Crippen LogP contribution >= 0.6 is 0 Å². The zero-order valence-corrected chi connectivity index (χ0v) is 23.2. The number of carbonyl (C=O) groups excluding carboxylic acids is 2. The minimum atomic E-state index is -0.895. The second kappa shape index (κ2) is 11.6. The van der Waals surface area contributed by atoms with Crippen LogP contribution in [0, 0.1) is 6.92 Å². The lowest BCUT2D eigenvalue weighted by Crippen LogP contribution is -2.39. The van der Waals surface area contributed by atoms with Gasteiger partial charge in [0.25, 0.3) is 5.91 Å². The molecule has 0 aliphatic carbocycles. The summed E-state index contributed by atoms with van der Waals surface area (Å²) in [6.45, 7) is 6.02. The number of benzene rings is 2. The van der Waals surface area contributed by atoms with Crippen LogP contribution in [0.25, 0.3) is 11.0 Å². The molecular weight excluding hydrogens is 516 g/mol. The Labute approximate surface area is 232 Å². The number of aryl methyl sites for hydroxylation is 1. The van der Waals surface area contributed by atoms with E-state index in [1.807, 2.05) is 19.1 Å². The lowest BCUT2D eigenvalue weighted by molar-refractivity contribution is -0.129. The van der Waals surface area contributed by atoms with E-state index in [9.17, 15) is 14.7 Å². The van der Waals surface area contributed by atoms with Gasteiger partial charge in [-0.2, -0.15) is 0 Å². The van der Waals surface area contributed by atoms with Gasteiger partial charge in [0.1, 0.15) is 5.58 Å². The Morgan fingerprint density at radius 3 is 2.35 bits per heavy atom. The molecule has 1 aromatic heterocycles. The third-order valence-electron chi connectivity index (χ3n) is 7.42. The van der Waals surface area contributed by atoms with Gasteiger partial charge in [0.05, 0.1) is 46.2 Å². The Balaban J connectivity index is 1.54. The van der Waals surface area contributed by atoms with Gasteiger partial charge in [0, 0.05) is 31.6 Å². The SMILES string of the molecule is COc1cc(C2C(C(=O)c3cc4cc(C)ccc4o3)=C(O)C(=O)N2CCCN2CCOCC2)cc(OC)c1OC. The van der Waals surface area contributed by atoms with Crippen molar-refractivity contribution >= 4 is 22.7 Å². The fourth-order valence-corrected chi connectivity index (χ4v) is 5.42. The molecule has 1 fully saturated rings. The highest BCUT2D eigenvalue weighted by atomic mass is 16.5. The van der Waals surface area contributed by atoms with Gasteiger partial charge in [-0.1, -0.05) is 11.6 Å². The first-order chi connectivity index (χ1) is 19.4. The quantitative estimate of drug-likeness (QED) is 0.374. The highest BCUT2D eigenvalue weighted by Crippen LogP contribution is 2.45. The lowest BCUT2D eigenvalue weighted by atomic mass is 9.94. The third kappa shape index (κ3) is 5.12. The number of methoxy groups -OCH3 is 3. The molecule has 10 nitrogen and oxygen atoms in total. The van der Waals surface area contributed by atoms with E-state index in [-0.39, 0.29) is 11.3 Å². The van der Waals surface area contributed by atoms with Crippen molar-refractivity contribution in [3.8, 4) is 17.2 Å². The molecule has 1 atom stereocenters. The number of ether oxygens (including phenoxy) is 4. The number of furan rings is 1. The lowest BCUT2D eigenvalue weighted by Gasteiger charge is -2.30. The Morgan fingerprint density at radius 1 is 1.00 bits per heavy atom. The van der Waals surface area contributed by atoms with Gasteiger partial charge in [0.15, 0.2) is 23.0 Å². The van der Waals surface area contributed by atoms with Crippen LogP contribution in [0.1, 0.15) is 34.1 Å². The Morgan fingerprint density at radius 2 is 1.70 bits per heavy atom. The van der Waals surface area contributed by atoms with E-state index < -0.39 is 23.5 Å². The fourth-order valence-electron chi connectivity index (χ4n) is 5.42. The van der Waals surface area contributed by atoms with Crippen LogP contribution in [-0.2, 0) is 9.53 Å². The molecule has 5 rings (SSSR count). The fraction of sp³-hybridized carbons (Fsp3) is 0.400. The smallest absolute Gasteiger partial charge is 0.290 e. The molecular formula is C30H34N2O8. The first kappa shape index (κ1) is 27.5. The molecule has 2 aromatic carbocycles. The van der Waals surface area contributed by atoms with Crippen molar-refractivity contribution in [1.29, 1.82) is 0 Å². The molecule has 212 valence electrons. The number of ketones is 1. The number of aliphatic hydroxyl groups is 1. The number of Topliss-reactive ketones (excluding diaryl/α,β-unsaturated/α-hetero) is 1. The highest BCUT2D eigenvalue weighted by Gasteiger charge is 2.45. The Bertz CT molecular complexity index is 1430. The monoisotopic (exact) mass is 550 g/mol. The Hall–Kier alpha value is -4.02. The van der Waals surface area contributed by atoms with Crippen LogP contribution in [0.4, 0.5) is 0 Å². The molecule has 1 N–H and O–H groups in total. The maximum Gasteiger partial charge on any atom is 0.290 e. The molecule has 0 saturated carbocycles. The molecule has 0 spiro atoms. The van der Waals surface area contributed by atoms with Gasteiger partial charge < -0.3 is 33.4 Å². The number of nitrogens with zero attached hydrogens (tertiary/aromatic N) is 2. The molecule has 1 unspecified atom stereocenters. The number of carbonyl (C=O) groups is 2. The number of rotatable bonds is 10. The van der Waals surface area contributed by atoms with Crippen molar-refractivity contribution in [2.45, 2.75) is 19.4 Å². The summed E-state index contributed by atoms with van der Waals surface area (Å²) in [6.07, 6.45) is 0.644. The number of hydrogen-bond acceptors (Lipinski definition) is 9. The standard InChI is InChI=1S/C30H34N2O8/c1-18-6-7-21-19(14-18)15-22(40-21)27(33)25-26(20-16-23(36-2)29(38-4)24(17-20)37-3)32(30(35)28(25)34)9-5-8-31-10-12-39-13-11-31/h6-7,14-17,26,34H,5,8-13H2,1-4H3. The molecule has 2 aliphatic heterocycles. The van der Waals surface area contributed by atoms with E-state index in [1.165, 1.54) is 26.2 Å². The van der Waals surface area contributed by atoms with E-state index >= 15 is 0 Å². The van der Waals surface area contributed by atoms with Crippen molar-refractivity contribution in [3.63, 3.8) is 0 Å². The van der Waals surface area contributed by atoms with Crippen LogP contribution in [0.2, 0.25) is 0 Å². The van der Waals surface area contributed by atoms with Crippen LogP contribution in [-0.4, -0.2) is 87.3 Å². The molecule has 1 amide bonds. The van der Waals surface area contributed by atoms with Gasteiger partial charge in [-0.15, -0.1) is 0 Å². The van der Waals surface area contributed by atoms with Gasteiger partial charge in [-0.05, 0) is 49.2 Å². The van der Waals surface area contributed by atoms with Crippen LogP contribution in [0.3, 0.4) is 0 Å². The van der Waals surface area contributed by atoms with Gasteiger partial charge in [-0.25, -0.2) is 0 Å². The number of fused-ring (bicyclic) bond motifs is 1. The zero-order valence-electron chi connectivity index (χ0n) is 23.2. The molecule has 0 radical (unpaired) electrons. The maximum atomic E-state index is 13.9. The molecule has 3 aromatic rings. The van der Waals surface area contributed by atoms with Crippen molar-refractivity contribution in [3.05, 3.63) is 64.6 Å². The van der Waals surface area contributed by atoms with Crippen molar-refractivity contribution < 1.29 is 38.1 Å². The first-order valence-corrected chi connectivity index (χ1v) is 13.2. The number of aliphatic hydroxyl groups excluding tert-OH is 1. The van der Waals surface area contributed by atoms with Gasteiger partial charge in [0.2, 0.25) is 11.5 Å².